The number of hydrogen-bond acceptors (Lipinski definition) is 4. The van der Waals surface area contributed by atoms with Gasteiger partial charge in [0.1, 0.15) is 0 Å². The Morgan fingerprint density at radius 2 is 1.66 bits per heavy atom. The van der Waals surface area contributed by atoms with Gasteiger partial charge in [0.05, 0.1) is 16.3 Å². The number of nitrogens with zero attached hydrogens (tertiary/aromatic N) is 1. The minimum Gasteiger partial charge on any atom is -0.326 e. The van der Waals surface area contributed by atoms with Crippen LogP contribution in [0.25, 0.3) is 0 Å². The van der Waals surface area contributed by atoms with Crippen LogP contribution in [-0.2, 0) is 34.2 Å². The van der Waals surface area contributed by atoms with Crippen LogP contribution < -0.4 is 15.4 Å². The van der Waals surface area contributed by atoms with Crippen molar-refractivity contribution in [2.45, 2.75) is 37.1 Å². The first-order chi connectivity index (χ1) is 15.5. The second-order valence-corrected chi connectivity index (χ2v) is 9.58. The molecule has 0 radical (unpaired) electrons. The third-order valence-electron chi connectivity index (χ3n) is 5.70. The zero-order chi connectivity index (χ0) is 22.6. The predicted octanol–water partition coefficient (Wildman–Crippen LogP) is 3.86. The smallest absolute Gasteiger partial charge is 0.261 e. The number of sulfonamides is 1. The molecule has 1 heterocycles. The van der Waals surface area contributed by atoms with Gasteiger partial charge in [-0.3, -0.25) is 9.52 Å². The summed E-state index contributed by atoms with van der Waals surface area (Å²) >= 11 is 0. The molecule has 1 aliphatic rings. The van der Waals surface area contributed by atoms with Gasteiger partial charge in [0, 0.05) is 19.5 Å². The zero-order valence-electron chi connectivity index (χ0n) is 17.8. The number of hydrogen-bond donors (Lipinski definition) is 2. The molecule has 0 spiro atoms. The molecule has 0 bridgehead atoms. The summed E-state index contributed by atoms with van der Waals surface area (Å²) in [4.78, 5) is 15.1. The average molecular weight is 450 g/mol. The highest BCUT2D eigenvalue weighted by atomic mass is 32.2. The lowest BCUT2D eigenvalue weighted by Crippen LogP contribution is -2.36. The van der Waals surface area contributed by atoms with Gasteiger partial charge in [-0.1, -0.05) is 54.6 Å². The summed E-state index contributed by atoms with van der Waals surface area (Å²) in [6, 6.07) is 21.7. The fourth-order valence-corrected chi connectivity index (χ4v) is 5.10. The third kappa shape index (κ3) is 4.84. The highest BCUT2D eigenvalue weighted by Crippen LogP contribution is 2.36. The number of nitrogens with one attached hydrogen (secondary N) is 1. The maximum absolute atomic E-state index is 13.2. The number of aryl methyl sites for hydroxylation is 2. The molecule has 4 rings (SSSR count). The van der Waals surface area contributed by atoms with Crippen molar-refractivity contribution in [3.05, 3.63) is 89.5 Å². The first-order valence-corrected chi connectivity index (χ1v) is 12.2. The number of amides is 1. The Bertz CT molecular complexity index is 1190. The number of benzene rings is 3. The van der Waals surface area contributed by atoms with Gasteiger partial charge < -0.3 is 10.6 Å². The molecule has 166 valence electrons. The Hall–Kier alpha value is -3.16. The zero-order valence-corrected chi connectivity index (χ0v) is 18.6. The van der Waals surface area contributed by atoms with Crippen molar-refractivity contribution in [2.75, 3.05) is 16.2 Å². The van der Waals surface area contributed by atoms with Gasteiger partial charge in [0.25, 0.3) is 10.0 Å². The fourth-order valence-electron chi connectivity index (χ4n) is 4.01. The summed E-state index contributed by atoms with van der Waals surface area (Å²) in [6.07, 6.45) is 2.62. The van der Waals surface area contributed by atoms with E-state index in [0.29, 0.717) is 37.3 Å². The maximum atomic E-state index is 13.2. The maximum Gasteiger partial charge on any atom is 0.261 e. The second kappa shape index (κ2) is 9.54. The van der Waals surface area contributed by atoms with Gasteiger partial charge in [-0.25, -0.2) is 8.42 Å². The van der Waals surface area contributed by atoms with Crippen LogP contribution in [0, 0.1) is 0 Å². The van der Waals surface area contributed by atoms with Crippen molar-refractivity contribution >= 4 is 27.3 Å². The number of carbonyl (C=O) groups excluding carboxylic acids is 1. The first-order valence-electron chi connectivity index (χ1n) is 10.8. The lowest BCUT2D eigenvalue weighted by atomic mass is 9.99. The number of fused-ring (bicyclic) bond motifs is 1. The van der Waals surface area contributed by atoms with Gasteiger partial charge in [-0.05, 0) is 54.2 Å². The van der Waals surface area contributed by atoms with Crippen LogP contribution in [0.5, 0.6) is 0 Å². The van der Waals surface area contributed by atoms with Crippen LogP contribution in [0.2, 0.25) is 0 Å². The second-order valence-electron chi connectivity index (χ2n) is 7.90. The Morgan fingerprint density at radius 3 is 2.38 bits per heavy atom. The van der Waals surface area contributed by atoms with Crippen molar-refractivity contribution < 1.29 is 13.2 Å². The summed E-state index contributed by atoms with van der Waals surface area (Å²) in [5.74, 6) is -0.0137. The molecule has 0 aliphatic carbocycles. The number of nitrogens with two attached hydrogens (primary N) is 1. The van der Waals surface area contributed by atoms with Gasteiger partial charge in [0.2, 0.25) is 5.91 Å². The number of anilines is 2. The molecule has 32 heavy (non-hydrogen) atoms. The van der Waals surface area contributed by atoms with Crippen LogP contribution in [0.3, 0.4) is 0 Å². The van der Waals surface area contributed by atoms with Gasteiger partial charge in [-0.2, -0.15) is 0 Å². The summed E-state index contributed by atoms with van der Waals surface area (Å²) in [7, 11) is -3.76. The molecule has 0 unspecified atom stereocenters. The fraction of sp³-hybridized carbons (Fsp3) is 0.240. The summed E-state index contributed by atoms with van der Waals surface area (Å²) in [5.41, 5.74) is 9.86. The first kappa shape index (κ1) is 22.0. The van der Waals surface area contributed by atoms with E-state index >= 15 is 0 Å². The molecule has 1 amide bonds. The standard InChI is InChI=1S/C25H27N3O3S/c26-18-20-13-11-19(12-14-20)15-16-24(29)28-17-5-7-21-6-4-10-23(25(21)28)27-32(30,31)22-8-2-1-3-9-22/h1-4,6,8-14,27H,5,7,15-18,26H2. The van der Waals surface area contributed by atoms with E-state index in [0.717, 1.165) is 29.5 Å². The molecular formula is C25H27N3O3S. The number of para-hydroxylation sites is 1. The highest BCUT2D eigenvalue weighted by molar-refractivity contribution is 7.92. The van der Waals surface area contributed by atoms with Crippen molar-refractivity contribution in [1.29, 1.82) is 0 Å². The molecule has 3 aromatic rings. The highest BCUT2D eigenvalue weighted by Gasteiger charge is 2.27. The largest absolute Gasteiger partial charge is 0.326 e. The third-order valence-corrected chi connectivity index (χ3v) is 7.08. The summed E-state index contributed by atoms with van der Waals surface area (Å²) < 4.78 is 28.5. The number of carbonyl (C=O) groups is 1. The van der Waals surface area contributed by atoms with E-state index in [-0.39, 0.29) is 10.8 Å². The summed E-state index contributed by atoms with van der Waals surface area (Å²) in [6.45, 7) is 1.06. The molecule has 7 heteroatoms. The van der Waals surface area contributed by atoms with E-state index < -0.39 is 10.0 Å². The van der Waals surface area contributed by atoms with Crippen LogP contribution >= 0.6 is 0 Å². The van der Waals surface area contributed by atoms with Crippen LogP contribution in [0.1, 0.15) is 29.5 Å². The molecule has 3 aromatic carbocycles. The average Bonchev–Trinajstić information content (AvgIpc) is 2.83. The van der Waals surface area contributed by atoms with E-state index in [9.17, 15) is 13.2 Å². The van der Waals surface area contributed by atoms with E-state index in [1.165, 1.54) is 0 Å². The van der Waals surface area contributed by atoms with Gasteiger partial charge in [-0.15, -0.1) is 0 Å². The molecule has 0 fully saturated rings. The Balaban J connectivity index is 1.56. The van der Waals surface area contributed by atoms with Crippen molar-refractivity contribution in [3.8, 4) is 0 Å². The molecule has 0 saturated heterocycles. The van der Waals surface area contributed by atoms with E-state index in [2.05, 4.69) is 4.72 Å². The molecule has 0 aromatic heterocycles. The summed E-state index contributed by atoms with van der Waals surface area (Å²) in [5, 5.41) is 0. The van der Waals surface area contributed by atoms with Crippen molar-refractivity contribution in [2.24, 2.45) is 5.73 Å². The predicted molar refractivity (Wildman–Crippen MR) is 127 cm³/mol. The van der Waals surface area contributed by atoms with Gasteiger partial charge >= 0.3 is 0 Å². The van der Waals surface area contributed by atoms with E-state index in [1.807, 2.05) is 36.4 Å². The Kier molecular flexibility index (Phi) is 6.58. The van der Waals surface area contributed by atoms with Crippen molar-refractivity contribution in [3.63, 3.8) is 0 Å². The minimum atomic E-state index is -3.76. The van der Waals surface area contributed by atoms with E-state index in [1.54, 1.807) is 41.3 Å². The van der Waals surface area contributed by atoms with Crippen molar-refractivity contribution in [1.82, 2.24) is 0 Å². The molecule has 3 N–H and O–H groups in total. The van der Waals surface area contributed by atoms with Crippen LogP contribution in [0.15, 0.2) is 77.7 Å². The minimum absolute atomic E-state index is 0.0137. The van der Waals surface area contributed by atoms with Gasteiger partial charge in [0.15, 0.2) is 0 Å². The van der Waals surface area contributed by atoms with Crippen LogP contribution in [-0.4, -0.2) is 20.9 Å². The topological polar surface area (TPSA) is 92.5 Å². The molecular weight excluding hydrogens is 422 g/mol. The van der Waals surface area contributed by atoms with Crippen LogP contribution in [0.4, 0.5) is 11.4 Å². The molecule has 0 saturated carbocycles. The van der Waals surface area contributed by atoms with E-state index in [4.69, 9.17) is 5.73 Å². The number of rotatable bonds is 7. The lowest BCUT2D eigenvalue weighted by Gasteiger charge is -2.32. The normalized spacial score (nSPS) is 13.5. The molecule has 0 atom stereocenters. The SMILES string of the molecule is NCc1ccc(CCC(=O)N2CCCc3cccc(NS(=O)(=O)c4ccccc4)c32)cc1. The monoisotopic (exact) mass is 449 g/mol. The quantitative estimate of drug-likeness (QED) is 0.573. The Labute approximate surface area is 189 Å². The molecule has 1 aliphatic heterocycles. The lowest BCUT2D eigenvalue weighted by molar-refractivity contribution is -0.118. The Morgan fingerprint density at radius 1 is 0.938 bits per heavy atom. The molecule has 6 nitrogen and oxygen atoms in total.